The fourth-order valence-corrected chi connectivity index (χ4v) is 9.97. The highest BCUT2D eigenvalue weighted by atomic mass is 14.3. The monoisotopic (exact) mass is 783 g/mol. The van der Waals surface area contributed by atoms with Crippen molar-refractivity contribution in [2.45, 2.75) is 0 Å². The quantitative estimate of drug-likeness (QED) is 0.160. The molecule has 12 aromatic carbocycles. The first-order valence-corrected chi connectivity index (χ1v) is 21.2. The van der Waals surface area contributed by atoms with E-state index in [9.17, 15) is 5.26 Å². The summed E-state index contributed by atoms with van der Waals surface area (Å²) in [7, 11) is 0. The predicted octanol–water partition coefficient (Wildman–Crippen LogP) is 16.8. The second-order valence-electron chi connectivity index (χ2n) is 16.3. The van der Waals surface area contributed by atoms with Crippen LogP contribution in [0.25, 0.3) is 120 Å². The molecule has 286 valence electrons. The van der Waals surface area contributed by atoms with Crippen molar-refractivity contribution in [1.29, 1.82) is 5.26 Å². The van der Waals surface area contributed by atoms with Gasteiger partial charge in [-0.25, -0.2) is 0 Å². The van der Waals surface area contributed by atoms with Gasteiger partial charge in [-0.2, -0.15) is 5.26 Å². The fraction of sp³-hybridized carbons (Fsp3) is 0. The molecule has 1 nitrogen and oxygen atoms in total. The van der Waals surface area contributed by atoms with Crippen molar-refractivity contribution in [3.63, 3.8) is 0 Å². The van der Waals surface area contributed by atoms with Crippen LogP contribution in [0.1, 0.15) is 5.56 Å². The molecule has 12 aromatic rings. The van der Waals surface area contributed by atoms with Crippen LogP contribution in [0.4, 0.5) is 0 Å². The van der Waals surface area contributed by atoms with Crippen molar-refractivity contribution >= 4 is 64.6 Å². The first kappa shape index (κ1) is 35.6. The number of fused-ring (bicyclic) bond motifs is 10. The SMILES string of the molecule is N#Cc1cc(-c2cccc(-c3cc4c5ccccc5c(-c5ccccc5)cc4c4ccccc34)c2)cc(-c2cc3c4ccccc4c(-c4ccccc4)cc3c3ccccc23)c1. The summed E-state index contributed by atoms with van der Waals surface area (Å²) in [5.41, 5.74) is 12.1. The molecule has 0 saturated heterocycles. The zero-order chi connectivity index (χ0) is 41.1. The zero-order valence-corrected chi connectivity index (χ0v) is 33.8. The van der Waals surface area contributed by atoms with Crippen molar-refractivity contribution < 1.29 is 0 Å². The molecular weight excluding hydrogens is 747 g/mol. The van der Waals surface area contributed by atoms with Gasteiger partial charge in [0.2, 0.25) is 0 Å². The average Bonchev–Trinajstić information content (AvgIpc) is 3.35. The first-order valence-electron chi connectivity index (χ1n) is 21.2. The van der Waals surface area contributed by atoms with Crippen molar-refractivity contribution in [3.8, 4) is 61.7 Å². The molecule has 0 atom stereocenters. The number of nitriles is 1. The lowest BCUT2D eigenvalue weighted by atomic mass is 9.86. The molecule has 0 spiro atoms. The Morgan fingerprint density at radius 2 is 0.516 bits per heavy atom. The summed E-state index contributed by atoms with van der Waals surface area (Å²) >= 11 is 0. The third-order valence-electron chi connectivity index (χ3n) is 12.8. The molecule has 0 bridgehead atoms. The van der Waals surface area contributed by atoms with E-state index in [4.69, 9.17) is 0 Å². The maximum absolute atomic E-state index is 10.5. The third kappa shape index (κ3) is 5.77. The van der Waals surface area contributed by atoms with Gasteiger partial charge in [0.1, 0.15) is 0 Å². The maximum atomic E-state index is 10.5. The van der Waals surface area contributed by atoms with Crippen LogP contribution in [-0.4, -0.2) is 0 Å². The summed E-state index contributed by atoms with van der Waals surface area (Å²) in [5.74, 6) is 0. The Kier molecular flexibility index (Phi) is 8.30. The van der Waals surface area contributed by atoms with Gasteiger partial charge in [0.05, 0.1) is 11.6 Å². The molecule has 0 fully saturated rings. The molecule has 0 aliphatic carbocycles. The second kappa shape index (κ2) is 14.5. The number of hydrogen-bond acceptors (Lipinski definition) is 1. The van der Waals surface area contributed by atoms with Gasteiger partial charge in [0.25, 0.3) is 0 Å². The van der Waals surface area contributed by atoms with Gasteiger partial charge in [-0.3, -0.25) is 0 Å². The van der Waals surface area contributed by atoms with Crippen LogP contribution >= 0.6 is 0 Å². The summed E-state index contributed by atoms with van der Waals surface area (Å²) in [6, 6.07) is 83.6. The van der Waals surface area contributed by atoms with Crippen molar-refractivity contribution in [3.05, 3.63) is 230 Å². The lowest BCUT2D eigenvalue weighted by molar-refractivity contribution is 1.48. The Labute approximate surface area is 360 Å². The Balaban J connectivity index is 1.05. The molecule has 12 rings (SSSR count). The summed E-state index contributed by atoms with van der Waals surface area (Å²) in [4.78, 5) is 0. The number of benzene rings is 12. The Morgan fingerprint density at radius 1 is 0.210 bits per heavy atom. The van der Waals surface area contributed by atoms with Crippen LogP contribution in [0, 0.1) is 11.3 Å². The van der Waals surface area contributed by atoms with Crippen LogP contribution in [0.15, 0.2) is 224 Å². The lowest BCUT2D eigenvalue weighted by Gasteiger charge is -2.17. The van der Waals surface area contributed by atoms with Gasteiger partial charge in [0.15, 0.2) is 0 Å². The molecule has 0 amide bonds. The van der Waals surface area contributed by atoms with Crippen molar-refractivity contribution in [2.24, 2.45) is 0 Å². The van der Waals surface area contributed by atoms with Gasteiger partial charge in [-0.15, -0.1) is 0 Å². The molecule has 62 heavy (non-hydrogen) atoms. The highest BCUT2D eigenvalue weighted by molar-refractivity contribution is 6.25. The highest BCUT2D eigenvalue weighted by Crippen LogP contribution is 2.45. The highest BCUT2D eigenvalue weighted by Gasteiger charge is 2.18. The van der Waals surface area contributed by atoms with E-state index in [1.807, 2.05) is 12.1 Å². The van der Waals surface area contributed by atoms with Crippen LogP contribution < -0.4 is 0 Å². The second-order valence-corrected chi connectivity index (χ2v) is 16.3. The summed E-state index contributed by atoms with van der Waals surface area (Å²) in [6.45, 7) is 0. The van der Waals surface area contributed by atoms with E-state index in [1.54, 1.807) is 0 Å². The van der Waals surface area contributed by atoms with Crippen LogP contribution in [0.5, 0.6) is 0 Å². The minimum absolute atomic E-state index is 0.633. The van der Waals surface area contributed by atoms with Crippen LogP contribution in [-0.2, 0) is 0 Å². The largest absolute Gasteiger partial charge is 0.192 e. The number of rotatable bonds is 5. The van der Waals surface area contributed by atoms with Gasteiger partial charge in [-0.05, 0) is 169 Å². The van der Waals surface area contributed by atoms with Gasteiger partial charge >= 0.3 is 0 Å². The van der Waals surface area contributed by atoms with Crippen LogP contribution in [0.2, 0.25) is 0 Å². The van der Waals surface area contributed by atoms with Gasteiger partial charge in [-0.1, -0.05) is 176 Å². The van der Waals surface area contributed by atoms with Crippen molar-refractivity contribution in [1.82, 2.24) is 0 Å². The Bertz CT molecular complexity index is 3800. The average molecular weight is 784 g/mol. The predicted molar refractivity (Wildman–Crippen MR) is 263 cm³/mol. The van der Waals surface area contributed by atoms with E-state index >= 15 is 0 Å². The van der Waals surface area contributed by atoms with Crippen molar-refractivity contribution in [2.75, 3.05) is 0 Å². The van der Waals surface area contributed by atoms with E-state index in [1.165, 1.54) is 87.1 Å². The topological polar surface area (TPSA) is 23.8 Å². The van der Waals surface area contributed by atoms with Gasteiger partial charge in [0, 0.05) is 0 Å². The smallest absolute Gasteiger partial charge is 0.0992 e. The minimum atomic E-state index is 0.633. The molecule has 0 unspecified atom stereocenters. The Hall–Kier alpha value is -8.31. The molecule has 0 aromatic heterocycles. The maximum Gasteiger partial charge on any atom is 0.0992 e. The first-order chi connectivity index (χ1) is 30.7. The molecule has 0 N–H and O–H groups in total. The van der Waals surface area contributed by atoms with E-state index in [0.717, 1.165) is 33.2 Å². The lowest BCUT2D eigenvalue weighted by Crippen LogP contribution is -1.91. The summed E-state index contributed by atoms with van der Waals surface area (Å²) < 4.78 is 0. The fourth-order valence-electron chi connectivity index (χ4n) is 9.97. The van der Waals surface area contributed by atoms with Gasteiger partial charge < -0.3 is 0 Å². The molecule has 1 heteroatoms. The summed E-state index contributed by atoms with van der Waals surface area (Å²) in [5, 5.41) is 25.1. The zero-order valence-electron chi connectivity index (χ0n) is 33.8. The molecular formula is C61H37N. The normalized spacial score (nSPS) is 11.5. The summed E-state index contributed by atoms with van der Waals surface area (Å²) in [6.07, 6.45) is 0. The Morgan fingerprint density at radius 3 is 0.935 bits per heavy atom. The molecule has 0 radical (unpaired) electrons. The molecule has 0 heterocycles. The van der Waals surface area contributed by atoms with E-state index < -0.39 is 0 Å². The van der Waals surface area contributed by atoms with E-state index in [-0.39, 0.29) is 0 Å². The van der Waals surface area contributed by atoms with E-state index in [0.29, 0.717) is 5.56 Å². The molecule has 0 aliphatic heterocycles. The third-order valence-corrected chi connectivity index (χ3v) is 12.8. The number of nitrogens with zero attached hydrogens (tertiary/aromatic N) is 1. The minimum Gasteiger partial charge on any atom is -0.192 e. The number of hydrogen-bond donors (Lipinski definition) is 0. The standard InChI is InChI=1S/C61H37N/c62-38-39-30-44(33-45(31-39)57-37-61-51-27-12-8-23-47(51)55(41-18-5-2-6-19-41)35-59(61)53-29-14-10-25-49(53)57)42-20-15-21-43(32-42)56-36-60-50-26-11-7-22-46(50)54(40-16-3-1-4-17-40)34-58(60)52-28-13-9-24-48(52)56/h1-37H. The molecule has 0 aliphatic rings. The van der Waals surface area contributed by atoms with E-state index in [2.05, 4.69) is 218 Å². The molecule has 0 saturated carbocycles. The van der Waals surface area contributed by atoms with Crippen LogP contribution in [0.3, 0.4) is 0 Å².